The van der Waals surface area contributed by atoms with Crippen LogP contribution in [-0.4, -0.2) is 22.7 Å². The molecule has 0 atom stereocenters. The Labute approximate surface area is 96.5 Å². The maximum atomic E-state index is 11.0. The Kier molecular flexibility index (Phi) is 3.60. The zero-order valence-corrected chi connectivity index (χ0v) is 9.15. The van der Waals surface area contributed by atoms with Gasteiger partial charge in [-0.2, -0.15) is 0 Å². The molecule has 1 heterocycles. The predicted octanol–water partition coefficient (Wildman–Crippen LogP) is 1.85. The van der Waals surface area contributed by atoms with Crippen molar-refractivity contribution in [3.63, 3.8) is 0 Å². The van der Waals surface area contributed by atoms with E-state index in [1.807, 2.05) is 0 Å². The third-order valence-electron chi connectivity index (χ3n) is 1.86. The Bertz CT molecular complexity index is 422. The first-order chi connectivity index (χ1) is 6.66. The molecule has 0 radical (unpaired) electrons. The number of hydrogen-bond donors (Lipinski definition) is 2. The number of anilines is 1. The van der Waals surface area contributed by atoms with Crippen LogP contribution in [0.1, 0.15) is 10.4 Å². The average molecular weight is 246 g/mol. The molecule has 2 rings (SSSR count). The maximum absolute atomic E-state index is 11.0. The fraction of sp³-hybridized carbons (Fsp3) is 0.111. The van der Waals surface area contributed by atoms with Crippen LogP contribution in [0.15, 0.2) is 23.1 Å². The molecule has 0 aromatic heterocycles. The van der Waals surface area contributed by atoms with E-state index in [0.29, 0.717) is 11.4 Å². The second-order valence-corrected chi connectivity index (χ2v) is 3.87. The molecule has 2 N–H and O–H groups in total. The van der Waals surface area contributed by atoms with Crippen LogP contribution in [0.3, 0.4) is 0 Å². The second-order valence-electron chi connectivity index (χ2n) is 2.85. The summed E-state index contributed by atoms with van der Waals surface area (Å²) in [6, 6.07) is 4.72. The molecule has 1 aliphatic heterocycles. The first-order valence-electron chi connectivity index (χ1n) is 3.97. The number of hydrogen-bond acceptors (Lipinski definition) is 3. The van der Waals surface area contributed by atoms with Gasteiger partial charge in [0.1, 0.15) is 0 Å². The van der Waals surface area contributed by atoms with E-state index in [9.17, 15) is 9.59 Å². The highest BCUT2D eigenvalue weighted by atomic mass is 35.5. The third kappa shape index (κ3) is 2.43. The first kappa shape index (κ1) is 11.9. The van der Waals surface area contributed by atoms with Gasteiger partial charge in [0.2, 0.25) is 5.91 Å². The Morgan fingerprint density at radius 1 is 1.47 bits per heavy atom. The molecule has 0 aliphatic carbocycles. The van der Waals surface area contributed by atoms with Gasteiger partial charge in [0, 0.05) is 4.90 Å². The molecule has 0 unspecified atom stereocenters. The Balaban J connectivity index is 0.00000112. The lowest BCUT2D eigenvalue weighted by Gasteiger charge is -2.16. The molecule has 4 nitrogen and oxygen atoms in total. The number of rotatable bonds is 1. The van der Waals surface area contributed by atoms with Gasteiger partial charge in [0.15, 0.2) is 0 Å². The van der Waals surface area contributed by atoms with Crippen molar-refractivity contribution in [3.8, 4) is 0 Å². The van der Waals surface area contributed by atoms with Crippen molar-refractivity contribution >= 4 is 41.7 Å². The standard InChI is InChI=1S/C9H7NO3S.ClH/c11-8-4-14-7-2-1-5(9(12)13)3-6(7)10-8;/h1-3H,4H2,(H,10,11)(H,12,13);1H. The van der Waals surface area contributed by atoms with Gasteiger partial charge in [-0.1, -0.05) is 0 Å². The van der Waals surface area contributed by atoms with Crippen molar-refractivity contribution in [3.05, 3.63) is 23.8 Å². The van der Waals surface area contributed by atoms with E-state index in [1.165, 1.54) is 23.9 Å². The predicted molar refractivity (Wildman–Crippen MR) is 60.0 cm³/mol. The van der Waals surface area contributed by atoms with E-state index >= 15 is 0 Å². The highest BCUT2D eigenvalue weighted by molar-refractivity contribution is 8.00. The molecule has 1 aliphatic rings. The Hall–Kier alpha value is -1.20. The van der Waals surface area contributed by atoms with E-state index in [-0.39, 0.29) is 23.9 Å². The van der Waals surface area contributed by atoms with Crippen LogP contribution in [0.25, 0.3) is 0 Å². The van der Waals surface area contributed by atoms with Crippen molar-refractivity contribution in [2.75, 3.05) is 11.1 Å². The first-order valence-corrected chi connectivity index (χ1v) is 4.95. The largest absolute Gasteiger partial charge is 0.478 e. The van der Waals surface area contributed by atoms with Gasteiger partial charge in [-0.05, 0) is 18.2 Å². The van der Waals surface area contributed by atoms with Crippen LogP contribution < -0.4 is 5.32 Å². The average Bonchev–Trinajstić information content (AvgIpc) is 2.16. The minimum Gasteiger partial charge on any atom is -0.478 e. The molecule has 1 aromatic carbocycles. The van der Waals surface area contributed by atoms with Gasteiger partial charge in [-0.15, -0.1) is 24.2 Å². The fourth-order valence-electron chi connectivity index (χ4n) is 1.22. The normalized spacial score (nSPS) is 13.5. The van der Waals surface area contributed by atoms with Crippen molar-refractivity contribution < 1.29 is 14.7 Å². The van der Waals surface area contributed by atoms with Crippen LogP contribution in [0.4, 0.5) is 5.69 Å². The Morgan fingerprint density at radius 2 is 2.20 bits per heavy atom. The van der Waals surface area contributed by atoms with Crippen LogP contribution in [0, 0.1) is 0 Å². The number of fused-ring (bicyclic) bond motifs is 1. The number of nitrogens with one attached hydrogen (secondary N) is 1. The van der Waals surface area contributed by atoms with Gasteiger partial charge in [-0.25, -0.2) is 4.79 Å². The summed E-state index contributed by atoms with van der Waals surface area (Å²) in [6.45, 7) is 0. The van der Waals surface area contributed by atoms with Gasteiger partial charge in [0.05, 0.1) is 17.0 Å². The zero-order valence-electron chi connectivity index (χ0n) is 7.52. The summed E-state index contributed by atoms with van der Waals surface area (Å²) in [5, 5.41) is 11.4. The summed E-state index contributed by atoms with van der Waals surface area (Å²) >= 11 is 1.41. The molecule has 1 aromatic rings. The molecular formula is C9H8ClNO3S. The number of halogens is 1. The number of carbonyl (C=O) groups is 2. The highest BCUT2D eigenvalue weighted by Gasteiger charge is 2.16. The van der Waals surface area contributed by atoms with E-state index in [4.69, 9.17) is 5.11 Å². The number of benzene rings is 1. The lowest BCUT2D eigenvalue weighted by molar-refractivity contribution is -0.113. The molecule has 0 saturated heterocycles. The fourth-order valence-corrected chi connectivity index (χ4v) is 2.00. The number of carboxylic acids is 1. The summed E-state index contributed by atoms with van der Waals surface area (Å²) in [5.74, 6) is -0.693. The number of amides is 1. The van der Waals surface area contributed by atoms with Gasteiger partial charge in [0.25, 0.3) is 0 Å². The molecule has 6 heteroatoms. The van der Waals surface area contributed by atoms with E-state index in [2.05, 4.69) is 5.32 Å². The summed E-state index contributed by atoms with van der Waals surface area (Å²) in [5.41, 5.74) is 0.776. The van der Waals surface area contributed by atoms with Crippen LogP contribution in [0.2, 0.25) is 0 Å². The Morgan fingerprint density at radius 3 is 2.87 bits per heavy atom. The van der Waals surface area contributed by atoms with E-state index < -0.39 is 5.97 Å². The van der Waals surface area contributed by atoms with E-state index in [0.717, 1.165) is 4.90 Å². The van der Waals surface area contributed by atoms with Crippen molar-refractivity contribution in [1.29, 1.82) is 0 Å². The molecule has 0 fully saturated rings. The molecule has 0 bridgehead atoms. The minimum absolute atomic E-state index is 0. The number of thioether (sulfide) groups is 1. The highest BCUT2D eigenvalue weighted by Crippen LogP contribution is 2.31. The SMILES string of the molecule is Cl.O=C1CSc2ccc(C(=O)O)cc2N1. The summed E-state index contributed by atoms with van der Waals surface area (Å²) in [6.07, 6.45) is 0. The van der Waals surface area contributed by atoms with Crippen LogP contribution in [-0.2, 0) is 4.79 Å². The summed E-state index contributed by atoms with van der Waals surface area (Å²) in [4.78, 5) is 22.6. The lowest BCUT2D eigenvalue weighted by atomic mass is 10.2. The molecule has 80 valence electrons. The number of carbonyl (C=O) groups excluding carboxylic acids is 1. The minimum atomic E-state index is -0.988. The van der Waals surface area contributed by atoms with Crippen molar-refractivity contribution in [2.45, 2.75) is 4.90 Å². The molecular weight excluding hydrogens is 238 g/mol. The number of carboxylic acid groups (broad SMARTS) is 1. The molecule has 15 heavy (non-hydrogen) atoms. The lowest BCUT2D eigenvalue weighted by Crippen LogP contribution is -2.19. The maximum Gasteiger partial charge on any atom is 0.335 e. The quantitative estimate of drug-likeness (QED) is 0.793. The topological polar surface area (TPSA) is 66.4 Å². The smallest absolute Gasteiger partial charge is 0.335 e. The third-order valence-corrected chi connectivity index (χ3v) is 2.93. The van der Waals surface area contributed by atoms with Gasteiger partial charge < -0.3 is 10.4 Å². The van der Waals surface area contributed by atoms with Crippen molar-refractivity contribution in [1.82, 2.24) is 0 Å². The zero-order chi connectivity index (χ0) is 10.1. The van der Waals surface area contributed by atoms with Crippen LogP contribution in [0.5, 0.6) is 0 Å². The molecule has 0 saturated carbocycles. The monoisotopic (exact) mass is 245 g/mol. The van der Waals surface area contributed by atoms with E-state index in [1.54, 1.807) is 6.07 Å². The van der Waals surface area contributed by atoms with Crippen LogP contribution >= 0.6 is 24.2 Å². The van der Waals surface area contributed by atoms with Crippen molar-refractivity contribution in [2.24, 2.45) is 0 Å². The van der Waals surface area contributed by atoms with Gasteiger partial charge in [-0.3, -0.25) is 4.79 Å². The second kappa shape index (κ2) is 4.55. The molecule has 0 spiro atoms. The van der Waals surface area contributed by atoms with Gasteiger partial charge >= 0.3 is 5.97 Å². The number of aromatic carboxylic acids is 1. The summed E-state index contributed by atoms with van der Waals surface area (Å²) in [7, 11) is 0. The summed E-state index contributed by atoms with van der Waals surface area (Å²) < 4.78 is 0. The molecule has 1 amide bonds.